The van der Waals surface area contributed by atoms with Crippen LogP contribution in [-0.2, 0) is 0 Å². The first-order valence-corrected chi connectivity index (χ1v) is 11.0. The van der Waals surface area contributed by atoms with Gasteiger partial charge < -0.3 is 15.0 Å². The summed E-state index contributed by atoms with van der Waals surface area (Å²) in [6, 6.07) is 2.72. The Morgan fingerprint density at radius 1 is 1.11 bits per heavy atom. The van der Waals surface area contributed by atoms with E-state index in [2.05, 4.69) is 44.0 Å². The van der Waals surface area contributed by atoms with Crippen LogP contribution in [0.1, 0.15) is 57.7 Å². The minimum atomic E-state index is 0.393. The molecule has 0 atom stereocenters. The average Bonchev–Trinajstić information content (AvgIpc) is 3.06. The van der Waals surface area contributed by atoms with Crippen LogP contribution in [0.3, 0.4) is 0 Å². The third-order valence-electron chi connectivity index (χ3n) is 5.20. The Hall–Kier alpha value is -1.99. The second-order valence-corrected chi connectivity index (χ2v) is 8.90. The molecule has 1 aliphatic heterocycles. The van der Waals surface area contributed by atoms with E-state index in [-0.39, 0.29) is 0 Å². The van der Waals surface area contributed by atoms with Gasteiger partial charge in [0.25, 0.3) is 0 Å². The second kappa shape index (κ2) is 7.79. The molecule has 0 bridgehead atoms. The summed E-state index contributed by atoms with van der Waals surface area (Å²) in [5, 5.41) is 4.58. The number of pyridine rings is 1. The lowest BCUT2D eigenvalue weighted by Gasteiger charge is -2.28. The first kappa shape index (κ1) is 19.3. The van der Waals surface area contributed by atoms with Crippen molar-refractivity contribution in [3.63, 3.8) is 0 Å². The third kappa shape index (κ3) is 3.42. The fraction of sp³-hybridized carbons (Fsp3) is 0.571. The molecule has 28 heavy (non-hydrogen) atoms. The van der Waals surface area contributed by atoms with Crippen LogP contribution in [0.5, 0.6) is 6.01 Å². The van der Waals surface area contributed by atoms with Crippen molar-refractivity contribution in [1.82, 2.24) is 20.3 Å². The monoisotopic (exact) mass is 399 g/mol. The maximum absolute atomic E-state index is 5.75. The zero-order chi connectivity index (χ0) is 19.8. The molecule has 3 aromatic heterocycles. The van der Waals surface area contributed by atoms with Gasteiger partial charge in [0.15, 0.2) is 5.82 Å². The summed E-state index contributed by atoms with van der Waals surface area (Å²) in [5.74, 6) is 1.78. The summed E-state index contributed by atoms with van der Waals surface area (Å²) in [6.45, 7) is 15.2. The van der Waals surface area contributed by atoms with Crippen molar-refractivity contribution in [2.24, 2.45) is 0 Å². The predicted octanol–water partition coefficient (Wildman–Crippen LogP) is 4.29. The van der Waals surface area contributed by atoms with Crippen molar-refractivity contribution >= 4 is 37.6 Å². The van der Waals surface area contributed by atoms with E-state index in [1.165, 1.54) is 10.9 Å². The Labute approximate surface area is 170 Å². The number of hydrogen-bond acceptors (Lipinski definition) is 7. The van der Waals surface area contributed by atoms with Crippen LogP contribution in [0.15, 0.2) is 6.07 Å². The summed E-state index contributed by atoms with van der Waals surface area (Å²) >= 11 is 1.72. The fourth-order valence-electron chi connectivity index (χ4n) is 3.69. The number of aromatic nitrogens is 3. The summed E-state index contributed by atoms with van der Waals surface area (Å²) < 4.78 is 6.87. The summed E-state index contributed by atoms with van der Waals surface area (Å²) in [7, 11) is 0. The molecule has 4 heterocycles. The van der Waals surface area contributed by atoms with E-state index < -0.39 is 0 Å². The standard InChI is InChI=1S/C21H29N5OS/c1-6-27-21-24-17-16-14(12(2)3)11-15(13(4)5)23-20(16)28-18(17)19(25-21)26-9-7-22-8-10-26/h11-13,22H,6-10H2,1-5H3. The zero-order valence-corrected chi connectivity index (χ0v) is 18.2. The highest BCUT2D eigenvalue weighted by atomic mass is 32.1. The van der Waals surface area contributed by atoms with E-state index in [1.807, 2.05) is 6.92 Å². The molecule has 0 aliphatic carbocycles. The SMILES string of the molecule is CCOc1nc(N2CCNCC2)c2sc3nc(C(C)C)cc(C(C)C)c3c2n1. The minimum Gasteiger partial charge on any atom is -0.464 e. The lowest BCUT2D eigenvalue weighted by Crippen LogP contribution is -2.44. The molecule has 1 aliphatic rings. The van der Waals surface area contributed by atoms with Crippen molar-refractivity contribution in [3.05, 3.63) is 17.3 Å². The number of thiophene rings is 1. The predicted molar refractivity (Wildman–Crippen MR) is 117 cm³/mol. The summed E-state index contributed by atoms with van der Waals surface area (Å²) in [6.07, 6.45) is 0. The molecule has 1 N–H and O–H groups in total. The van der Waals surface area contributed by atoms with Crippen LogP contribution >= 0.6 is 11.3 Å². The molecule has 0 spiro atoms. The number of fused-ring (bicyclic) bond motifs is 3. The largest absolute Gasteiger partial charge is 0.464 e. The van der Waals surface area contributed by atoms with Crippen LogP contribution in [0.25, 0.3) is 20.4 Å². The first-order valence-electron chi connectivity index (χ1n) is 10.2. The van der Waals surface area contributed by atoms with Gasteiger partial charge in [-0.05, 0) is 30.4 Å². The second-order valence-electron chi connectivity index (χ2n) is 7.91. The van der Waals surface area contributed by atoms with Gasteiger partial charge in [-0.3, -0.25) is 0 Å². The summed E-state index contributed by atoms with van der Waals surface area (Å²) in [5.41, 5.74) is 3.44. The number of anilines is 1. The van der Waals surface area contributed by atoms with Crippen LogP contribution in [-0.4, -0.2) is 47.7 Å². The Balaban J connectivity index is 2.02. The zero-order valence-electron chi connectivity index (χ0n) is 17.4. The number of rotatable bonds is 5. The molecule has 7 heteroatoms. The van der Waals surface area contributed by atoms with Gasteiger partial charge in [0.05, 0.1) is 11.3 Å². The van der Waals surface area contributed by atoms with Crippen LogP contribution < -0.4 is 15.0 Å². The molecule has 0 saturated carbocycles. The van der Waals surface area contributed by atoms with Crippen molar-refractivity contribution in [3.8, 4) is 6.01 Å². The molecule has 3 aromatic rings. The van der Waals surface area contributed by atoms with E-state index in [0.717, 1.165) is 52.7 Å². The van der Waals surface area contributed by atoms with E-state index >= 15 is 0 Å². The normalized spacial score (nSPS) is 15.3. The molecule has 6 nitrogen and oxygen atoms in total. The van der Waals surface area contributed by atoms with Crippen molar-refractivity contribution in [2.45, 2.75) is 46.5 Å². The van der Waals surface area contributed by atoms with Gasteiger partial charge in [-0.15, -0.1) is 11.3 Å². The smallest absolute Gasteiger partial charge is 0.319 e. The molecule has 1 fully saturated rings. The van der Waals surface area contributed by atoms with Gasteiger partial charge in [-0.1, -0.05) is 27.7 Å². The Morgan fingerprint density at radius 2 is 1.86 bits per heavy atom. The Kier molecular flexibility index (Phi) is 5.38. The van der Waals surface area contributed by atoms with E-state index in [0.29, 0.717) is 24.5 Å². The molecule has 0 aromatic carbocycles. The van der Waals surface area contributed by atoms with Gasteiger partial charge >= 0.3 is 6.01 Å². The molecular formula is C21H29N5OS. The quantitative estimate of drug-likeness (QED) is 0.690. The molecule has 1 saturated heterocycles. The third-order valence-corrected chi connectivity index (χ3v) is 6.27. The number of ether oxygens (including phenoxy) is 1. The van der Waals surface area contributed by atoms with Gasteiger partial charge in [-0.25, -0.2) is 4.98 Å². The highest BCUT2D eigenvalue weighted by Gasteiger charge is 2.24. The average molecular weight is 400 g/mol. The summed E-state index contributed by atoms with van der Waals surface area (Å²) in [4.78, 5) is 18.0. The highest BCUT2D eigenvalue weighted by molar-refractivity contribution is 7.26. The first-order chi connectivity index (χ1) is 13.5. The maximum Gasteiger partial charge on any atom is 0.319 e. The van der Waals surface area contributed by atoms with Crippen molar-refractivity contribution in [1.29, 1.82) is 0 Å². The maximum atomic E-state index is 5.75. The molecule has 150 valence electrons. The number of hydrogen-bond donors (Lipinski definition) is 1. The lowest BCUT2D eigenvalue weighted by atomic mass is 9.97. The number of piperazine rings is 1. The van der Waals surface area contributed by atoms with Crippen molar-refractivity contribution < 1.29 is 4.74 Å². The topological polar surface area (TPSA) is 63.2 Å². The fourth-order valence-corrected chi connectivity index (χ4v) is 4.86. The van der Waals surface area contributed by atoms with E-state index in [4.69, 9.17) is 19.7 Å². The number of nitrogens with one attached hydrogen (secondary N) is 1. The van der Waals surface area contributed by atoms with E-state index in [1.54, 1.807) is 11.3 Å². The van der Waals surface area contributed by atoms with Gasteiger partial charge in [0.2, 0.25) is 0 Å². The van der Waals surface area contributed by atoms with Crippen LogP contribution in [0.2, 0.25) is 0 Å². The number of nitrogens with zero attached hydrogens (tertiary/aromatic N) is 4. The highest BCUT2D eigenvalue weighted by Crippen LogP contribution is 2.42. The Bertz CT molecular complexity index is 992. The van der Waals surface area contributed by atoms with Crippen molar-refractivity contribution in [2.75, 3.05) is 37.7 Å². The molecule has 0 unspecified atom stereocenters. The molecule has 0 radical (unpaired) electrons. The molecule has 4 rings (SSSR count). The van der Waals surface area contributed by atoms with E-state index in [9.17, 15) is 0 Å². The van der Waals surface area contributed by atoms with Gasteiger partial charge in [0.1, 0.15) is 10.3 Å². The van der Waals surface area contributed by atoms with Gasteiger partial charge in [0, 0.05) is 37.3 Å². The minimum absolute atomic E-state index is 0.393. The lowest BCUT2D eigenvalue weighted by molar-refractivity contribution is 0.314. The van der Waals surface area contributed by atoms with Crippen LogP contribution in [0.4, 0.5) is 5.82 Å². The molecule has 0 amide bonds. The van der Waals surface area contributed by atoms with Gasteiger partial charge in [-0.2, -0.15) is 9.97 Å². The Morgan fingerprint density at radius 3 is 2.50 bits per heavy atom. The molecular weight excluding hydrogens is 370 g/mol. The van der Waals surface area contributed by atoms with Crippen LogP contribution in [0, 0.1) is 0 Å².